The molecule has 1 aromatic rings. The second-order valence-corrected chi connectivity index (χ2v) is 7.77. The molecule has 3 N–H and O–H groups in total. The van der Waals surface area contributed by atoms with Crippen LogP contribution in [0.3, 0.4) is 0 Å². The van der Waals surface area contributed by atoms with Crippen molar-refractivity contribution in [1.29, 1.82) is 0 Å². The molecule has 2 saturated heterocycles. The molecule has 13 heteroatoms. The van der Waals surface area contributed by atoms with Crippen LogP contribution in [0.25, 0.3) is 0 Å². The number of hydrogen-bond donors (Lipinski definition) is 2. The minimum absolute atomic E-state index is 0.0888. The Labute approximate surface area is 146 Å². The average molecular weight is 397 g/mol. The number of phosphoric ester groups is 1. The Hall–Kier alpha value is -1.43. The normalized spacial score (nSPS) is 37.3. The van der Waals surface area contributed by atoms with Gasteiger partial charge in [0.25, 0.3) is 6.43 Å². The fourth-order valence-electron chi connectivity index (χ4n) is 2.81. The predicted octanol–water partition coefficient (Wildman–Crippen LogP) is 0.668. The van der Waals surface area contributed by atoms with E-state index in [2.05, 4.69) is 4.98 Å². The van der Waals surface area contributed by atoms with Gasteiger partial charge in [-0.15, -0.1) is 0 Å². The Morgan fingerprint density at radius 1 is 1.54 bits per heavy atom. The Bertz CT molecular complexity index is 791. The molecule has 3 rings (SSSR count). The van der Waals surface area contributed by atoms with Crippen LogP contribution in [0.1, 0.15) is 20.1 Å². The molecule has 3 heterocycles. The number of nitrogens with zero attached hydrogens (tertiary/aromatic N) is 2. The summed E-state index contributed by atoms with van der Waals surface area (Å²) in [4.78, 5) is 15.4. The maximum Gasteiger partial charge on any atom is 0.475 e. The van der Waals surface area contributed by atoms with E-state index in [1.807, 2.05) is 0 Å². The zero-order valence-electron chi connectivity index (χ0n) is 13.8. The fraction of sp³-hybridized carbons (Fsp3) is 0.692. The summed E-state index contributed by atoms with van der Waals surface area (Å²) >= 11 is 0. The van der Waals surface area contributed by atoms with Crippen molar-refractivity contribution in [2.75, 3.05) is 12.3 Å². The van der Waals surface area contributed by atoms with E-state index in [1.165, 1.54) is 6.07 Å². The number of halogens is 2. The number of alkyl halides is 2. The van der Waals surface area contributed by atoms with E-state index in [9.17, 15) is 23.2 Å². The first kappa shape index (κ1) is 19.3. The molecule has 2 aliphatic rings. The van der Waals surface area contributed by atoms with Crippen molar-refractivity contribution in [3.63, 3.8) is 0 Å². The summed E-state index contributed by atoms with van der Waals surface area (Å²) in [5.74, 6) is -0.0888. The first-order valence-corrected chi connectivity index (χ1v) is 9.14. The lowest BCUT2D eigenvalue weighted by molar-refractivity contribution is -0.208. The number of aliphatic hydroxyl groups excluding tert-OH is 1. The molecule has 0 radical (unpaired) electrons. The zero-order valence-corrected chi connectivity index (χ0v) is 14.7. The number of anilines is 1. The van der Waals surface area contributed by atoms with Gasteiger partial charge in [0.2, 0.25) is 0 Å². The fourth-order valence-corrected chi connectivity index (χ4v) is 4.44. The van der Waals surface area contributed by atoms with Gasteiger partial charge in [0, 0.05) is 6.20 Å². The van der Waals surface area contributed by atoms with Gasteiger partial charge in [0.1, 0.15) is 18.0 Å². The van der Waals surface area contributed by atoms with E-state index in [-0.39, 0.29) is 5.82 Å². The second-order valence-electron chi connectivity index (χ2n) is 6.20. The van der Waals surface area contributed by atoms with Crippen LogP contribution in [0.4, 0.5) is 14.6 Å². The Balaban J connectivity index is 1.97. The average Bonchev–Trinajstić information content (AvgIpc) is 2.80. The standard InChI is InChI=1S/C13H18F2N3O7P/c1-6(2)24-26(21)22-5-13(11(14)15)9(25-26)8(19)10(23-13)18-4-3-7(16)17-12(18)20/h3-4,6,8-11,19H,5H2,1-2H3,(H2,16,17,20)/t8-,9-,10+,13+,26?/m0/s1. The third kappa shape index (κ3) is 3.17. The highest BCUT2D eigenvalue weighted by atomic mass is 31.2. The molecule has 1 aromatic heterocycles. The lowest BCUT2D eigenvalue weighted by Crippen LogP contribution is -2.56. The van der Waals surface area contributed by atoms with Crippen LogP contribution in [-0.2, 0) is 22.9 Å². The highest BCUT2D eigenvalue weighted by Gasteiger charge is 2.67. The van der Waals surface area contributed by atoms with Crippen molar-refractivity contribution in [3.05, 3.63) is 22.7 Å². The van der Waals surface area contributed by atoms with E-state index in [4.69, 9.17) is 24.0 Å². The molecule has 2 aliphatic heterocycles. The monoisotopic (exact) mass is 397 g/mol. The van der Waals surface area contributed by atoms with E-state index >= 15 is 0 Å². The van der Waals surface area contributed by atoms with Crippen LogP contribution < -0.4 is 11.4 Å². The van der Waals surface area contributed by atoms with E-state index in [0.29, 0.717) is 0 Å². The summed E-state index contributed by atoms with van der Waals surface area (Å²) in [6, 6.07) is 1.23. The highest BCUT2D eigenvalue weighted by Crippen LogP contribution is 2.61. The minimum atomic E-state index is -4.19. The van der Waals surface area contributed by atoms with Crippen LogP contribution >= 0.6 is 7.82 Å². The van der Waals surface area contributed by atoms with Gasteiger partial charge in [-0.1, -0.05) is 0 Å². The van der Waals surface area contributed by atoms with Crippen LogP contribution in [0, 0.1) is 0 Å². The van der Waals surface area contributed by atoms with Crippen LogP contribution in [0.5, 0.6) is 0 Å². The lowest BCUT2D eigenvalue weighted by atomic mass is 9.96. The molecule has 0 amide bonds. The third-order valence-corrected chi connectivity index (χ3v) is 5.56. The van der Waals surface area contributed by atoms with Crippen LogP contribution in [0.2, 0.25) is 0 Å². The Kier molecular flexibility index (Phi) is 4.93. The number of phosphoric acid groups is 1. The smallest absolute Gasteiger partial charge is 0.386 e. The third-order valence-electron chi connectivity index (χ3n) is 3.95. The highest BCUT2D eigenvalue weighted by molar-refractivity contribution is 7.48. The van der Waals surface area contributed by atoms with Crippen LogP contribution in [-0.4, -0.2) is 51.6 Å². The molecule has 146 valence electrons. The number of nitrogens with two attached hydrogens (primary N) is 1. The van der Waals surface area contributed by atoms with Gasteiger partial charge < -0.3 is 15.6 Å². The Morgan fingerprint density at radius 2 is 2.23 bits per heavy atom. The number of aliphatic hydroxyl groups is 1. The maximum atomic E-state index is 13.8. The molecule has 0 aromatic carbocycles. The number of rotatable bonds is 4. The van der Waals surface area contributed by atoms with Crippen molar-refractivity contribution < 1.29 is 36.8 Å². The summed E-state index contributed by atoms with van der Waals surface area (Å²) in [6.45, 7) is 2.24. The van der Waals surface area contributed by atoms with Gasteiger partial charge in [0.05, 0.1) is 12.7 Å². The summed E-state index contributed by atoms with van der Waals surface area (Å²) in [7, 11) is -4.19. The number of aromatic nitrogens is 2. The molecule has 5 atom stereocenters. The van der Waals surface area contributed by atoms with Gasteiger partial charge in [-0.3, -0.25) is 18.1 Å². The summed E-state index contributed by atoms with van der Waals surface area (Å²) < 4.78 is 61.1. The molecule has 26 heavy (non-hydrogen) atoms. The molecular formula is C13H18F2N3O7P. The molecule has 2 fully saturated rings. The first-order chi connectivity index (χ1) is 12.1. The minimum Gasteiger partial charge on any atom is -0.386 e. The largest absolute Gasteiger partial charge is 0.475 e. The lowest BCUT2D eigenvalue weighted by Gasteiger charge is -2.39. The Morgan fingerprint density at radius 3 is 2.81 bits per heavy atom. The molecule has 10 nitrogen and oxygen atoms in total. The molecule has 1 unspecified atom stereocenters. The van der Waals surface area contributed by atoms with E-state index in [1.54, 1.807) is 13.8 Å². The number of ether oxygens (including phenoxy) is 1. The van der Waals surface area contributed by atoms with Gasteiger partial charge in [-0.2, -0.15) is 4.98 Å². The van der Waals surface area contributed by atoms with Crippen molar-refractivity contribution in [3.8, 4) is 0 Å². The van der Waals surface area contributed by atoms with Crippen molar-refractivity contribution in [2.24, 2.45) is 0 Å². The van der Waals surface area contributed by atoms with E-state index in [0.717, 1.165) is 10.8 Å². The van der Waals surface area contributed by atoms with Crippen LogP contribution in [0.15, 0.2) is 17.1 Å². The van der Waals surface area contributed by atoms with Gasteiger partial charge >= 0.3 is 13.5 Å². The van der Waals surface area contributed by atoms with Crippen molar-refractivity contribution >= 4 is 13.6 Å². The van der Waals surface area contributed by atoms with Crippen molar-refractivity contribution in [1.82, 2.24) is 9.55 Å². The summed E-state index contributed by atoms with van der Waals surface area (Å²) in [5.41, 5.74) is 2.04. The number of hydrogen-bond acceptors (Lipinski definition) is 9. The predicted molar refractivity (Wildman–Crippen MR) is 82.4 cm³/mol. The SMILES string of the molecule is CC(C)OP1(=O)OC[C@@]2(C(F)F)O[C@@H](n3ccc(N)nc3=O)[C@@H](O)[C@@H]2O1. The van der Waals surface area contributed by atoms with Crippen molar-refractivity contribution in [2.45, 2.75) is 50.4 Å². The molecule has 0 bridgehead atoms. The zero-order chi connectivity index (χ0) is 19.3. The van der Waals surface area contributed by atoms with E-state index < -0.39 is 56.7 Å². The summed E-state index contributed by atoms with van der Waals surface area (Å²) in [6.07, 6.45) is -7.70. The maximum absolute atomic E-state index is 13.8. The molecule has 0 saturated carbocycles. The first-order valence-electron chi connectivity index (χ1n) is 7.68. The molecule has 0 aliphatic carbocycles. The topological polar surface area (TPSA) is 135 Å². The van der Waals surface area contributed by atoms with Gasteiger partial charge in [-0.05, 0) is 19.9 Å². The molecular weight excluding hydrogens is 379 g/mol. The number of fused-ring (bicyclic) bond motifs is 1. The van der Waals surface area contributed by atoms with Gasteiger partial charge in [-0.25, -0.2) is 18.1 Å². The quantitative estimate of drug-likeness (QED) is 0.703. The summed E-state index contributed by atoms with van der Waals surface area (Å²) in [5, 5.41) is 10.5. The number of nitrogen functional groups attached to an aromatic ring is 1. The second kappa shape index (κ2) is 6.63. The van der Waals surface area contributed by atoms with Gasteiger partial charge in [0.15, 0.2) is 11.8 Å². The molecule has 0 spiro atoms.